The molecule has 1 amide bonds. The van der Waals surface area contributed by atoms with Crippen LogP contribution in [-0.2, 0) is 18.3 Å². The first-order chi connectivity index (χ1) is 12.5. The molecule has 140 valence electrons. The zero-order chi connectivity index (χ0) is 18.7. The SMILES string of the molecule is CC(=O)NCCN1CCC(Cc2c(C(=O)O)c3ccccc3n2C)CC1. The highest BCUT2D eigenvalue weighted by molar-refractivity contribution is 6.05. The zero-order valence-electron chi connectivity index (χ0n) is 15.5. The van der Waals surface area contributed by atoms with Gasteiger partial charge in [-0.3, -0.25) is 4.79 Å². The molecule has 0 bridgehead atoms. The van der Waals surface area contributed by atoms with Crippen molar-refractivity contribution in [3.05, 3.63) is 35.5 Å². The Bertz CT molecular complexity index is 804. The van der Waals surface area contributed by atoms with Gasteiger partial charge in [-0.15, -0.1) is 0 Å². The molecule has 0 atom stereocenters. The van der Waals surface area contributed by atoms with Crippen molar-refractivity contribution < 1.29 is 14.7 Å². The summed E-state index contributed by atoms with van der Waals surface area (Å²) in [5, 5.41) is 13.4. The van der Waals surface area contributed by atoms with Gasteiger partial charge in [0, 0.05) is 43.7 Å². The lowest BCUT2D eigenvalue weighted by molar-refractivity contribution is -0.119. The Morgan fingerprint density at radius 2 is 1.92 bits per heavy atom. The molecule has 0 radical (unpaired) electrons. The predicted molar refractivity (Wildman–Crippen MR) is 101 cm³/mol. The number of aryl methyl sites for hydroxylation is 1. The minimum Gasteiger partial charge on any atom is -0.478 e. The summed E-state index contributed by atoms with van der Waals surface area (Å²) in [6.07, 6.45) is 2.91. The fraction of sp³-hybridized carbons (Fsp3) is 0.500. The summed E-state index contributed by atoms with van der Waals surface area (Å²) in [5.41, 5.74) is 2.36. The Hall–Kier alpha value is -2.34. The van der Waals surface area contributed by atoms with Gasteiger partial charge in [-0.05, 0) is 44.3 Å². The van der Waals surface area contributed by atoms with E-state index in [9.17, 15) is 14.7 Å². The van der Waals surface area contributed by atoms with Crippen molar-refractivity contribution in [1.29, 1.82) is 0 Å². The number of carbonyl (C=O) groups is 2. The van der Waals surface area contributed by atoms with Crippen LogP contribution in [0, 0.1) is 5.92 Å². The van der Waals surface area contributed by atoms with Crippen molar-refractivity contribution in [1.82, 2.24) is 14.8 Å². The normalized spacial score (nSPS) is 16.1. The third-order valence-electron chi connectivity index (χ3n) is 5.43. The number of carbonyl (C=O) groups excluding carboxylic acids is 1. The van der Waals surface area contributed by atoms with Gasteiger partial charge in [0.1, 0.15) is 0 Å². The number of rotatable bonds is 6. The zero-order valence-corrected chi connectivity index (χ0v) is 15.5. The van der Waals surface area contributed by atoms with E-state index in [1.165, 1.54) is 6.92 Å². The fourth-order valence-electron chi connectivity index (χ4n) is 4.00. The van der Waals surface area contributed by atoms with Crippen molar-refractivity contribution in [2.45, 2.75) is 26.2 Å². The lowest BCUT2D eigenvalue weighted by Crippen LogP contribution is -2.39. The van der Waals surface area contributed by atoms with Crippen LogP contribution in [0.3, 0.4) is 0 Å². The van der Waals surface area contributed by atoms with Crippen LogP contribution in [0.25, 0.3) is 10.9 Å². The van der Waals surface area contributed by atoms with Crippen LogP contribution in [0.5, 0.6) is 0 Å². The standard InChI is InChI=1S/C20H27N3O3/c1-14(24)21-9-12-23-10-7-15(8-11-23)13-18-19(20(25)26)16-5-3-4-6-17(16)22(18)2/h3-6,15H,7-13H2,1-2H3,(H,21,24)(H,25,26). The smallest absolute Gasteiger partial charge is 0.338 e. The van der Waals surface area contributed by atoms with Crippen LogP contribution in [0.2, 0.25) is 0 Å². The van der Waals surface area contributed by atoms with Gasteiger partial charge in [-0.2, -0.15) is 0 Å². The second-order valence-corrected chi connectivity index (χ2v) is 7.18. The van der Waals surface area contributed by atoms with Crippen molar-refractivity contribution >= 4 is 22.8 Å². The van der Waals surface area contributed by atoms with Gasteiger partial charge in [0.25, 0.3) is 0 Å². The molecule has 1 aliphatic rings. The van der Waals surface area contributed by atoms with Gasteiger partial charge < -0.3 is 19.9 Å². The molecular formula is C20H27N3O3. The van der Waals surface area contributed by atoms with Gasteiger partial charge in [-0.25, -0.2) is 4.79 Å². The highest BCUT2D eigenvalue weighted by atomic mass is 16.4. The molecule has 1 aromatic heterocycles. The monoisotopic (exact) mass is 357 g/mol. The number of benzene rings is 1. The molecule has 1 aromatic carbocycles. The average Bonchev–Trinajstić information content (AvgIpc) is 2.89. The highest BCUT2D eigenvalue weighted by Gasteiger charge is 2.25. The van der Waals surface area contributed by atoms with Gasteiger partial charge in [0.15, 0.2) is 0 Å². The molecule has 1 aliphatic heterocycles. The van der Waals surface area contributed by atoms with Gasteiger partial charge in [-0.1, -0.05) is 18.2 Å². The first-order valence-corrected chi connectivity index (χ1v) is 9.23. The largest absolute Gasteiger partial charge is 0.478 e. The summed E-state index contributed by atoms with van der Waals surface area (Å²) >= 11 is 0. The average molecular weight is 357 g/mol. The number of nitrogens with one attached hydrogen (secondary N) is 1. The number of aromatic nitrogens is 1. The van der Waals surface area contributed by atoms with E-state index in [1.807, 2.05) is 35.9 Å². The van der Waals surface area contributed by atoms with E-state index in [4.69, 9.17) is 0 Å². The predicted octanol–water partition coefficient (Wildman–Crippen LogP) is 2.27. The van der Waals surface area contributed by atoms with Crippen LogP contribution < -0.4 is 5.32 Å². The second kappa shape index (κ2) is 7.91. The molecule has 1 fully saturated rings. The third-order valence-corrected chi connectivity index (χ3v) is 5.43. The maximum absolute atomic E-state index is 11.9. The van der Waals surface area contributed by atoms with Crippen molar-refractivity contribution in [2.75, 3.05) is 26.2 Å². The molecule has 0 saturated carbocycles. The van der Waals surface area contributed by atoms with E-state index in [0.29, 0.717) is 18.0 Å². The van der Waals surface area contributed by atoms with Crippen LogP contribution in [0.1, 0.15) is 35.8 Å². The van der Waals surface area contributed by atoms with E-state index < -0.39 is 5.97 Å². The Morgan fingerprint density at radius 3 is 2.58 bits per heavy atom. The number of carboxylic acid groups (broad SMARTS) is 1. The molecule has 3 rings (SSSR count). The van der Waals surface area contributed by atoms with E-state index in [-0.39, 0.29) is 5.91 Å². The minimum absolute atomic E-state index is 0.0110. The molecular weight excluding hydrogens is 330 g/mol. The molecule has 0 unspecified atom stereocenters. The number of aromatic carboxylic acids is 1. The van der Waals surface area contributed by atoms with E-state index in [2.05, 4.69) is 10.2 Å². The highest BCUT2D eigenvalue weighted by Crippen LogP contribution is 2.30. The minimum atomic E-state index is -0.843. The summed E-state index contributed by atoms with van der Waals surface area (Å²) < 4.78 is 2.04. The van der Waals surface area contributed by atoms with E-state index >= 15 is 0 Å². The molecule has 1 saturated heterocycles. The third kappa shape index (κ3) is 3.90. The van der Waals surface area contributed by atoms with Crippen LogP contribution in [0.4, 0.5) is 0 Å². The maximum Gasteiger partial charge on any atom is 0.338 e. The molecule has 26 heavy (non-hydrogen) atoms. The first kappa shape index (κ1) is 18.5. The summed E-state index contributed by atoms with van der Waals surface area (Å²) in [6.45, 7) is 5.09. The van der Waals surface area contributed by atoms with E-state index in [0.717, 1.165) is 55.5 Å². The number of nitrogens with zero attached hydrogens (tertiary/aromatic N) is 2. The summed E-state index contributed by atoms with van der Waals surface area (Å²) in [5.74, 6) is -0.338. The molecule has 6 heteroatoms. The Balaban J connectivity index is 1.67. The number of hydrogen-bond acceptors (Lipinski definition) is 3. The number of carboxylic acids is 1. The maximum atomic E-state index is 11.9. The number of piperidine rings is 1. The number of para-hydroxylation sites is 1. The van der Waals surface area contributed by atoms with Gasteiger partial charge >= 0.3 is 5.97 Å². The molecule has 0 aliphatic carbocycles. The Labute approximate surface area is 153 Å². The van der Waals surface area contributed by atoms with E-state index in [1.54, 1.807) is 0 Å². The topological polar surface area (TPSA) is 74.6 Å². The van der Waals surface area contributed by atoms with Crippen LogP contribution >= 0.6 is 0 Å². The lowest BCUT2D eigenvalue weighted by atomic mass is 9.90. The Morgan fingerprint density at radius 1 is 1.23 bits per heavy atom. The lowest BCUT2D eigenvalue weighted by Gasteiger charge is -2.32. The molecule has 6 nitrogen and oxygen atoms in total. The van der Waals surface area contributed by atoms with Gasteiger partial charge in [0.05, 0.1) is 5.56 Å². The number of hydrogen-bond donors (Lipinski definition) is 2. The quantitative estimate of drug-likeness (QED) is 0.832. The summed E-state index contributed by atoms with van der Waals surface area (Å²) in [7, 11) is 1.96. The number of likely N-dealkylation sites (tertiary alicyclic amines) is 1. The summed E-state index contributed by atoms with van der Waals surface area (Å²) in [4.78, 5) is 25.2. The molecule has 0 spiro atoms. The number of fused-ring (bicyclic) bond motifs is 1. The number of amides is 1. The first-order valence-electron chi connectivity index (χ1n) is 9.23. The molecule has 2 heterocycles. The Kier molecular flexibility index (Phi) is 5.61. The molecule has 2 N–H and O–H groups in total. The summed E-state index contributed by atoms with van der Waals surface area (Å²) in [6, 6.07) is 7.72. The van der Waals surface area contributed by atoms with Crippen LogP contribution in [0.15, 0.2) is 24.3 Å². The second-order valence-electron chi connectivity index (χ2n) is 7.18. The molecule has 2 aromatic rings. The fourth-order valence-corrected chi connectivity index (χ4v) is 4.00. The van der Waals surface area contributed by atoms with Crippen molar-refractivity contribution in [3.8, 4) is 0 Å². The van der Waals surface area contributed by atoms with Gasteiger partial charge in [0.2, 0.25) is 5.91 Å². The van der Waals surface area contributed by atoms with Crippen molar-refractivity contribution in [3.63, 3.8) is 0 Å². The van der Waals surface area contributed by atoms with Crippen LogP contribution in [-0.4, -0.2) is 52.6 Å². The van der Waals surface area contributed by atoms with Crippen molar-refractivity contribution in [2.24, 2.45) is 13.0 Å².